The van der Waals surface area contributed by atoms with Crippen molar-refractivity contribution in [1.82, 2.24) is 10.6 Å². The maximum Gasteiger partial charge on any atom is 0.418 e. The standard InChI is InChI=1S/C21H20ClF5N4O4S/c22-16-4-3-15(36-16)20(34)29-8-13(28-9-17(23)24)19(33)30-11-1-2-14(12(7-11)21(25,26)27)31-5-6-35-10-18(31)32/h1-4,7,13,17,28H,5-6,8-10H2,(H,29,34)(H,30,33)/t13-/m0/s1. The van der Waals surface area contributed by atoms with Crippen molar-refractivity contribution in [2.75, 3.05) is 43.1 Å². The normalized spacial score (nSPS) is 15.2. The van der Waals surface area contributed by atoms with Crippen LogP contribution in [-0.2, 0) is 20.5 Å². The van der Waals surface area contributed by atoms with Gasteiger partial charge in [0.2, 0.25) is 5.91 Å². The van der Waals surface area contributed by atoms with E-state index in [1.807, 2.05) is 0 Å². The van der Waals surface area contributed by atoms with E-state index in [2.05, 4.69) is 16.0 Å². The maximum absolute atomic E-state index is 13.8. The zero-order valence-corrected chi connectivity index (χ0v) is 19.9. The topological polar surface area (TPSA) is 99.8 Å². The fourth-order valence-corrected chi connectivity index (χ4v) is 4.24. The van der Waals surface area contributed by atoms with Crippen LogP contribution < -0.4 is 20.9 Å². The van der Waals surface area contributed by atoms with Gasteiger partial charge in [-0.05, 0) is 30.3 Å². The summed E-state index contributed by atoms with van der Waals surface area (Å²) >= 11 is 6.74. The van der Waals surface area contributed by atoms with Crippen LogP contribution in [0.3, 0.4) is 0 Å². The second-order valence-corrected chi connectivity index (χ2v) is 9.20. The molecule has 0 spiro atoms. The van der Waals surface area contributed by atoms with E-state index in [0.29, 0.717) is 10.4 Å². The van der Waals surface area contributed by atoms with Crippen LogP contribution in [0, 0.1) is 0 Å². The van der Waals surface area contributed by atoms with Crippen molar-refractivity contribution in [1.29, 1.82) is 0 Å². The van der Waals surface area contributed by atoms with Crippen LogP contribution in [0.25, 0.3) is 0 Å². The maximum atomic E-state index is 13.8. The SMILES string of the molecule is O=C(NC[C@H](NCC(F)F)C(=O)Nc1ccc(N2CCOCC2=O)c(C(F)(F)F)c1)c1ccc(Cl)s1. The number of nitrogens with zero attached hydrogens (tertiary/aromatic N) is 1. The van der Waals surface area contributed by atoms with Crippen LogP contribution >= 0.6 is 22.9 Å². The third-order valence-electron chi connectivity index (χ3n) is 4.94. The Balaban J connectivity index is 1.77. The molecule has 1 aliphatic heterocycles. The van der Waals surface area contributed by atoms with E-state index in [9.17, 15) is 36.3 Å². The average Bonchev–Trinajstić information content (AvgIpc) is 3.25. The number of nitrogens with one attached hydrogen (secondary N) is 3. The summed E-state index contributed by atoms with van der Waals surface area (Å²) in [6, 6.07) is 4.35. The highest BCUT2D eigenvalue weighted by Gasteiger charge is 2.37. The first kappa shape index (κ1) is 27.8. The van der Waals surface area contributed by atoms with Gasteiger partial charge in [-0.3, -0.25) is 19.7 Å². The molecular weight excluding hydrogens is 535 g/mol. The molecule has 1 aromatic heterocycles. The molecule has 0 saturated carbocycles. The predicted molar refractivity (Wildman–Crippen MR) is 123 cm³/mol. The molecule has 3 rings (SSSR count). The Labute approximate surface area is 210 Å². The lowest BCUT2D eigenvalue weighted by Gasteiger charge is -2.29. The third-order valence-corrected chi connectivity index (χ3v) is 6.17. The molecule has 0 radical (unpaired) electrons. The molecule has 1 fully saturated rings. The van der Waals surface area contributed by atoms with Crippen molar-refractivity contribution in [2.45, 2.75) is 18.6 Å². The Bertz CT molecular complexity index is 1110. The Morgan fingerprint density at radius 3 is 2.53 bits per heavy atom. The van der Waals surface area contributed by atoms with Crippen LogP contribution in [0.2, 0.25) is 4.34 Å². The summed E-state index contributed by atoms with van der Waals surface area (Å²) in [7, 11) is 0. The third kappa shape index (κ3) is 7.35. The summed E-state index contributed by atoms with van der Waals surface area (Å²) in [5, 5.41) is 6.92. The van der Waals surface area contributed by atoms with Gasteiger partial charge in [-0.2, -0.15) is 13.2 Å². The van der Waals surface area contributed by atoms with Crippen LogP contribution in [0.15, 0.2) is 30.3 Å². The van der Waals surface area contributed by atoms with Crippen molar-refractivity contribution >= 4 is 52.0 Å². The Morgan fingerprint density at radius 2 is 1.92 bits per heavy atom. The molecule has 3 N–H and O–H groups in total. The zero-order chi connectivity index (χ0) is 26.5. The Hall–Kier alpha value is -2.81. The lowest BCUT2D eigenvalue weighted by molar-refractivity contribution is -0.137. The number of carbonyl (C=O) groups excluding carboxylic acids is 3. The minimum atomic E-state index is -4.86. The number of hydrogen-bond donors (Lipinski definition) is 3. The molecule has 15 heteroatoms. The molecule has 0 unspecified atom stereocenters. The van der Waals surface area contributed by atoms with E-state index in [1.54, 1.807) is 0 Å². The smallest absolute Gasteiger partial charge is 0.370 e. The van der Waals surface area contributed by atoms with E-state index < -0.39 is 60.7 Å². The highest BCUT2D eigenvalue weighted by atomic mass is 35.5. The fraction of sp³-hybridized carbons (Fsp3) is 0.381. The van der Waals surface area contributed by atoms with E-state index >= 15 is 0 Å². The van der Waals surface area contributed by atoms with Gasteiger partial charge < -0.3 is 20.3 Å². The van der Waals surface area contributed by atoms with Crippen molar-refractivity contribution < 1.29 is 41.1 Å². The summed E-state index contributed by atoms with van der Waals surface area (Å²) in [5.74, 6) is -2.21. The van der Waals surface area contributed by atoms with E-state index in [1.165, 1.54) is 12.1 Å². The molecule has 0 aliphatic carbocycles. The fourth-order valence-electron chi connectivity index (χ4n) is 3.29. The molecular formula is C21H20ClF5N4O4S. The first-order valence-corrected chi connectivity index (χ1v) is 11.6. The molecule has 8 nitrogen and oxygen atoms in total. The Morgan fingerprint density at radius 1 is 1.17 bits per heavy atom. The summed E-state index contributed by atoms with van der Waals surface area (Å²) in [6.07, 6.45) is -7.69. The first-order valence-electron chi connectivity index (χ1n) is 10.4. The van der Waals surface area contributed by atoms with E-state index in [4.69, 9.17) is 16.3 Å². The number of hydrogen-bond acceptors (Lipinski definition) is 6. The van der Waals surface area contributed by atoms with Crippen LogP contribution in [0.4, 0.5) is 33.3 Å². The number of halogens is 6. The summed E-state index contributed by atoms with van der Waals surface area (Å²) in [5.41, 5.74) is -1.85. The molecule has 1 saturated heterocycles. The van der Waals surface area contributed by atoms with Crippen molar-refractivity contribution in [3.63, 3.8) is 0 Å². The van der Waals surface area contributed by atoms with E-state index in [0.717, 1.165) is 28.4 Å². The number of benzene rings is 1. The highest BCUT2D eigenvalue weighted by Crippen LogP contribution is 2.38. The number of morpholine rings is 1. The van der Waals surface area contributed by atoms with Gasteiger partial charge >= 0.3 is 6.18 Å². The van der Waals surface area contributed by atoms with Crippen molar-refractivity contribution in [3.05, 3.63) is 45.1 Å². The van der Waals surface area contributed by atoms with Crippen LogP contribution in [0.1, 0.15) is 15.2 Å². The summed E-state index contributed by atoms with van der Waals surface area (Å²) in [6.45, 7) is -1.72. The predicted octanol–water partition coefficient (Wildman–Crippen LogP) is 3.38. The second kappa shape index (κ2) is 12.0. The van der Waals surface area contributed by atoms with Crippen molar-refractivity contribution in [2.24, 2.45) is 0 Å². The van der Waals surface area contributed by atoms with Gasteiger partial charge in [-0.15, -0.1) is 11.3 Å². The van der Waals surface area contributed by atoms with Crippen LogP contribution in [-0.4, -0.2) is 63.0 Å². The second-order valence-electron chi connectivity index (χ2n) is 7.48. The molecule has 1 aromatic carbocycles. The summed E-state index contributed by atoms with van der Waals surface area (Å²) < 4.78 is 72.0. The number of anilines is 2. The number of rotatable bonds is 9. The molecule has 2 aromatic rings. The molecule has 3 amide bonds. The number of carbonyl (C=O) groups is 3. The molecule has 36 heavy (non-hydrogen) atoms. The van der Waals surface area contributed by atoms with Gasteiger partial charge in [0.25, 0.3) is 18.2 Å². The van der Waals surface area contributed by atoms with Gasteiger partial charge in [0.1, 0.15) is 12.6 Å². The van der Waals surface area contributed by atoms with Gasteiger partial charge in [0.05, 0.1) is 33.6 Å². The monoisotopic (exact) mass is 554 g/mol. The lowest BCUT2D eigenvalue weighted by Crippen LogP contribution is -2.49. The lowest BCUT2D eigenvalue weighted by atomic mass is 10.1. The molecule has 196 valence electrons. The molecule has 1 atom stereocenters. The molecule has 0 bridgehead atoms. The minimum absolute atomic E-state index is 0.0579. The largest absolute Gasteiger partial charge is 0.418 e. The zero-order valence-electron chi connectivity index (χ0n) is 18.3. The molecule has 2 heterocycles. The Kier molecular flexibility index (Phi) is 9.22. The number of alkyl halides is 5. The van der Waals surface area contributed by atoms with E-state index in [-0.39, 0.29) is 30.3 Å². The quantitative estimate of drug-likeness (QED) is 0.413. The number of amides is 3. The van der Waals surface area contributed by atoms with Gasteiger partial charge in [0.15, 0.2) is 0 Å². The van der Waals surface area contributed by atoms with Crippen molar-refractivity contribution in [3.8, 4) is 0 Å². The number of thiophene rings is 1. The van der Waals surface area contributed by atoms with Gasteiger partial charge in [0, 0.05) is 18.8 Å². The highest BCUT2D eigenvalue weighted by molar-refractivity contribution is 7.18. The summed E-state index contributed by atoms with van der Waals surface area (Å²) in [4.78, 5) is 38.1. The number of ether oxygens (including phenoxy) is 1. The van der Waals surface area contributed by atoms with Gasteiger partial charge in [-0.1, -0.05) is 11.6 Å². The van der Waals surface area contributed by atoms with Gasteiger partial charge in [-0.25, -0.2) is 8.78 Å². The average molecular weight is 555 g/mol. The first-order chi connectivity index (χ1) is 17.0. The minimum Gasteiger partial charge on any atom is -0.370 e. The molecule has 1 aliphatic rings. The van der Waals surface area contributed by atoms with Crippen LogP contribution in [0.5, 0.6) is 0 Å².